The topological polar surface area (TPSA) is 74.6 Å². The summed E-state index contributed by atoms with van der Waals surface area (Å²) in [6.45, 7) is 4.93. The van der Waals surface area contributed by atoms with Crippen LogP contribution in [0.2, 0.25) is 0 Å². The van der Waals surface area contributed by atoms with E-state index in [1.165, 1.54) is 44.2 Å². The van der Waals surface area contributed by atoms with Gasteiger partial charge in [-0.3, -0.25) is 9.78 Å². The van der Waals surface area contributed by atoms with Crippen LogP contribution in [0.4, 0.5) is 0 Å². The molecule has 0 saturated heterocycles. The molecule has 5 rings (SSSR count). The molecular formula is C25H35N3O2. The van der Waals surface area contributed by atoms with Crippen molar-refractivity contribution in [3.63, 3.8) is 0 Å². The molecular weight excluding hydrogens is 374 g/mol. The molecule has 0 bridgehead atoms. The summed E-state index contributed by atoms with van der Waals surface area (Å²) in [5.41, 5.74) is 5.13. The number of hydrazone groups is 1. The third-order valence-electron chi connectivity index (χ3n) is 9.61. The first kappa shape index (κ1) is 20.2. The van der Waals surface area contributed by atoms with Gasteiger partial charge in [-0.1, -0.05) is 13.8 Å². The van der Waals surface area contributed by atoms with Crippen LogP contribution >= 0.6 is 0 Å². The minimum Gasteiger partial charge on any atom is -0.393 e. The van der Waals surface area contributed by atoms with Crippen molar-refractivity contribution in [3.05, 3.63) is 30.1 Å². The van der Waals surface area contributed by atoms with Gasteiger partial charge < -0.3 is 5.11 Å². The van der Waals surface area contributed by atoms with E-state index in [9.17, 15) is 9.90 Å². The Hall–Kier alpha value is -1.75. The predicted molar refractivity (Wildman–Crippen MR) is 117 cm³/mol. The lowest BCUT2D eigenvalue weighted by molar-refractivity contribution is -0.113. The van der Waals surface area contributed by atoms with Crippen molar-refractivity contribution in [3.8, 4) is 0 Å². The fraction of sp³-hybridized carbons (Fsp3) is 0.720. The van der Waals surface area contributed by atoms with Crippen molar-refractivity contribution in [2.45, 2.75) is 77.7 Å². The second-order valence-electron chi connectivity index (χ2n) is 10.8. The first-order chi connectivity index (χ1) is 14.4. The second kappa shape index (κ2) is 7.44. The van der Waals surface area contributed by atoms with E-state index < -0.39 is 0 Å². The summed E-state index contributed by atoms with van der Waals surface area (Å²) in [4.78, 5) is 16.4. The Kier molecular flexibility index (Phi) is 5.00. The van der Waals surface area contributed by atoms with Crippen molar-refractivity contribution < 1.29 is 9.90 Å². The Bertz CT molecular complexity index is 840. The molecule has 0 unspecified atom stereocenters. The Morgan fingerprint density at radius 3 is 2.70 bits per heavy atom. The second-order valence-corrected chi connectivity index (χ2v) is 10.8. The van der Waals surface area contributed by atoms with E-state index in [2.05, 4.69) is 29.4 Å². The number of amides is 1. The molecule has 30 heavy (non-hydrogen) atoms. The SMILES string of the molecule is C[C@]12CC[C@@H](O)C[C@@H]1CC[C@@H]1[C@H]3CCC(=NNC(=O)c4ccncc4)[C@@]3(C)CC[C@@H]12. The van der Waals surface area contributed by atoms with Gasteiger partial charge in [0, 0.05) is 29.1 Å². The number of carbonyl (C=O) groups is 1. The molecule has 5 nitrogen and oxygen atoms in total. The maximum Gasteiger partial charge on any atom is 0.271 e. The van der Waals surface area contributed by atoms with Gasteiger partial charge in [0.05, 0.1) is 6.10 Å². The van der Waals surface area contributed by atoms with Gasteiger partial charge in [0.1, 0.15) is 0 Å². The van der Waals surface area contributed by atoms with E-state index in [0.717, 1.165) is 31.1 Å². The van der Waals surface area contributed by atoms with Crippen molar-refractivity contribution >= 4 is 11.6 Å². The van der Waals surface area contributed by atoms with Crippen LogP contribution in [0.3, 0.4) is 0 Å². The fourth-order valence-electron chi connectivity index (χ4n) is 7.89. The van der Waals surface area contributed by atoms with Gasteiger partial charge in [-0.2, -0.15) is 5.10 Å². The lowest BCUT2D eigenvalue weighted by Gasteiger charge is -2.60. The van der Waals surface area contributed by atoms with Crippen molar-refractivity contribution in [1.82, 2.24) is 10.4 Å². The van der Waals surface area contributed by atoms with E-state index in [0.29, 0.717) is 22.8 Å². The minimum atomic E-state index is -0.153. The predicted octanol–water partition coefficient (Wildman–Crippen LogP) is 4.57. The summed E-state index contributed by atoms with van der Waals surface area (Å²) in [6.07, 6.45) is 13.6. The molecule has 1 aromatic heterocycles. The molecule has 0 aromatic carbocycles. The van der Waals surface area contributed by atoms with Gasteiger partial charge in [0.25, 0.3) is 5.91 Å². The van der Waals surface area contributed by atoms with Crippen LogP contribution in [-0.4, -0.2) is 27.8 Å². The number of fused-ring (bicyclic) bond motifs is 5. The number of nitrogens with zero attached hydrogens (tertiary/aromatic N) is 2. The smallest absolute Gasteiger partial charge is 0.271 e. The molecule has 4 aliphatic rings. The molecule has 1 amide bonds. The molecule has 4 aliphatic carbocycles. The maximum atomic E-state index is 12.5. The summed E-state index contributed by atoms with van der Waals surface area (Å²) in [5.74, 6) is 2.77. The van der Waals surface area contributed by atoms with Gasteiger partial charge >= 0.3 is 0 Å². The summed E-state index contributed by atoms with van der Waals surface area (Å²) >= 11 is 0. The molecule has 0 spiro atoms. The Balaban J connectivity index is 1.33. The zero-order valence-corrected chi connectivity index (χ0v) is 18.3. The third-order valence-corrected chi connectivity index (χ3v) is 9.61. The van der Waals surface area contributed by atoms with E-state index in [1.54, 1.807) is 24.5 Å². The van der Waals surface area contributed by atoms with Gasteiger partial charge in [0.2, 0.25) is 0 Å². The lowest BCUT2D eigenvalue weighted by Crippen LogP contribution is -2.54. The first-order valence-corrected chi connectivity index (χ1v) is 11.9. The number of carbonyl (C=O) groups excluding carboxylic acids is 1. The van der Waals surface area contributed by atoms with Gasteiger partial charge in [-0.05, 0) is 99.0 Å². The Morgan fingerprint density at radius 2 is 1.90 bits per heavy atom. The molecule has 162 valence electrons. The largest absolute Gasteiger partial charge is 0.393 e. The van der Waals surface area contributed by atoms with Crippen LogP contribution in [0, 0.1) is 34.5 Å². The Morgan fingerprint density at radius 1 is 1.10 bits per heavy atom. The highest BCUT2D eigenvalue weighted by Crippen LogP contribution is 2.65. The molecule has 7 atom stereocenters. The monoisotopic (exact) mass is 409 g/mol. The van der Waals surface area contributed by atoms with Gasteiger partial charge in [0.15, 0.2) is 0 Å². The maximum absolute atomic E-state index is 12.5. The zero-order valence-electron chi connectivity index (χ0n) is 18.3. The quantitative estimate of drug-likeness (QED) is 0.703. The van der Waals surface area contributed by atoms with Crippen LogP contribution in [-0.2, 0) is 0 Å². The van der Waals surface area contributed by atoms with E-state index in [1.807, 2.05) is 0 Å². The summed E-state index contributed by atoms with van der Waals surface area (Å²) in [6, 6.07) is 3.44. The number of aliphatic hydroxyl groups is 1. The summed E-state index contributed by atoms with van der Waals surface area (Å²) < 4.78 is 0. The van der Waals surface area contributed by atoms with E-state index in [4.69, 9.17) is 0 Å². The molecule has 1 aromatic rings. The highest BCUT2D eigenvalue weighted by Gasteiger charge is 2.59. The molecule has 4 saturated carbocycles. The summed E-state index contributed by atoms with van der Waals surface area (Å²) in [5, 5.41) is 14.9. The number of nitrogens with one attached hydrogen (secondary N) is 1. The summed E-state index contributed by atoms with van der Waals surface area (Å²) in [7, 11) is 0. The zero-order chi connectivity index (χ0) is 20.9. The van der Waals surface area contributed by atoms with E-state index in [-0.39, 0.29) is 17.4 Å². The Labute approximate surface area is 179 Å². The first-order valence-electron chi connectivity index (χ1n) is 11.9. The average Bonchev–Trinajstić information content (AvgIpc) is 3.09. The van der Waals surface area contributed by atoms with E-state index >= 15 is 0 Å². The molecule has 2 N–H and O–H groups in total. The number of aliphatic hydroxyl groups excluding tert-OH is 1. The number of rotatable bonds is 2. The highest BCUT2D eigenvalue weighted by molar-refractivity contribution is 5.97. The molecule has 1 heterocycles. The number of hydrogen-bond donors (Lipinski definition) is 2. The molecule has 4 fully saturated rings. The number of hydrogen-bond acceptors (Lipinski definition) is 4. The van der Waals surface area contributed by atoms with Crippen molar-refractivity contribution in [2.24, 2.45) is 39.6 Å². The third kappa shape index (κ3) is 3.12. The van der Waals surface area contributed by atoms with Crippen LogP contribution in [0.5, 0.6) is 0 Å². The fourth-order valence-corrected chi connectivity index (χ4v) is 7.89. The standard InChI is InChI=1S/C25H35N3O2/c1-24-11-7-18(29)15-17(24)3-4-19-20-5-6-22(25(20,2)12-8-21(19)24)27-28-23(30)16-9-13-26-14-10-16/h9-10,13-14,17-21,29H,3-8,11-12,15H2,1-2H3,(H,28,30)/t17-,18+,19+,20+,21-,24-,25-/m0/s1. The van der Waals surface area contributed by atoms with Crippen LogP contribution in [0.25, 0.3) is 0 Å². The van der Waals surface area contributed by atoms with Crippen LogP contribution in [0.15, 0.2) is 29.6 Å². The minimum absolute atomic E-state index is 0.0808. The number of pyridine rings is 1. The molecule has 5 heteroatoms. The average molecular weight is 410 g/mol. The van der Waals surface area contributed by atoms with Crippen LogP contribution < -0.4 is 5.43 Å². The van der Waals surface area contributed by atoms with Gasteiger partial charge in [-0.25, -0.2) is 5.43 Å². The van der Waals surface area contributed by atoms with Crippen LogP contribution in [0.1, 0.15) is 82.0 Å². The van der Waals surface area contributed by atoms with Gasteiger partial charge in [-0.15, -0.1) is 0 Å². The normalized spacial score (nSPS) is 44.1. The van der Waals surface area contributed by atoms with Crippen molar-refractivity contribution in [1.29, 1.82) is 0 Å². The molecule has 0 aliphatic heterocycles. The lowest BCUT2D eigenvalue weighted by atomic mass is 9.45. The molecule has 0 radical (unpaired) electrons. The van der Waals surface area contributed by atoms with Crippen molar-refractivity contribution in [2.75, 3.05) is 0 Å². The highest BCUT2D eigenvalue weighted by atomic mass is 16.3. The number of aromatic nitrogens is 1.